The number of imidazole rings is 1. The lowest BCUT2D eigenvalue weighted by molar-refractivity contribution is -0.113. The third-order valence-electron chi connectivity index (χ3n) is 3.81. The maximum absolute atomic E-state index is 12.3. The van der Waals surface area contributed by atoms with Crippen LogP contribution in [0.1, 0.15) is 5.56 Å². The van der Waals surface area contributed by atoms with Crippen molar-refractivity contribution < 1.29 is 4.79 Å². The first-order valence-corrected chi connectivity index (χ1v) is 9.20. The lowest BCUT2D eigenvalue weighted by atomic mass is 10.2. The fraction of sp³-hybridized carbons (Fsp3) is 0.158. The Labute approximate surface area is 155 Å². The lowest BCUT2D eigenvalue weighted by Crippen LogP contribution is -2.15. The zero-order chi connectivity index (χ0) is 17.8. The Hall–Kier alpha value is -2.24. The molecule has 1 N–H and O–H groups in total. The van der Waals surface area contributed by atoms with Gasteiger partial charge in [0.05, 0.1) is 16.8 Å². The number of thioether (sulfide) groups is 1. The van der Waals surface area contributed by atoms with Crippen LogP contribution in [-0.2, 0) is 11.3 Å². The molecular formula is C19H18ClN3OS. The largest absolute Gasteiger partial charge is 0.325 e. The highest BCUT2D eigenvalue weighted by Gasteiger charge is 2.13. The number of aromatic nitrogens is 2. The number of allylic oxidation sites excluding steroid dienone is 1. The molecule has 0 aliphatic heterocycles. The first kappa shape index (κ1) is 17.6. The zero-order valence-corrected chi connectivity index (χ0v) is 15.4. The number of halogens is 1. The highest BCUT2D eigenvalue weighted by molar-refractivity contribution is 7.99. The number of anilines is 1. The SMILES string of the molecule is C=CCn1c(SCC(=O)Nc2cccc(Cl)c2C)nc2ccccc21. The van der Waals surface area contributed by atoms with Crippen LogP contribution in [0, 0.1) is 6.92 Å². The number of carbonyl (C=O) groups excluding carboxylic acids is 1. The summed E-state index contributed by atoms with van der Waals surface area (Å²) in [5.74, 6) is 0.180. The van der Waals surface area contributed by atoms with Crippen molar-refractivity contribution in [2.75, 3.05) is 11.1 Å². The monoisotopic (exact) mass is 371 g/mol. The molecule has 4 nitrogen and oxygen atoms in total. The molecule has 0 fully saturated rings. The molecule has 6 heteroatoms. The Morgan fingerprint density at radius 3 is 2.92 bits per heavy atom. The van der Waals surface area contributed by atoms with Crippen LogP contribution in [0.4, 0.5) is 5.69 Å². The maximum Gasteiger partial charge on any atom is 0.234 e. The van der Waals surface area contributed by atoms with Crippen molar-refractivity contribution in [3.8, 4) is 0 Å². The first-order valence-electron chi connectivity index (χ1n) is 7.84. The highest BCUT2D eigenvalue weighted by Crippen LogP contribution is 2.26. The summed E-state index contributed by atoms with van der Waals surface area (Å²) in [6.07, 6.45) is 1.83. The van der Waals surface area contributed by atoms with Gasteiger partial charge in [-0.3, -0.25) is 4.79 Å². The van der Waals surface area contributed by atoms with Gasteiger partial charge < -0.3 is 9.88 Å². The van der Waals surface area contributed by atoms with E-state index in [4.69, 9.17) is 11.6 Å². The van der Waals surface area contributed by atoms with Crippen molar-refractivity contribution >= 4 is 46.0 Å². The second kappa shape index (κ2) is 7.76. The van der Waals surface area contributed by atoms with Gasteiger partial charge in [-0.1, -0.05) is 47.6 Å². The molecule has 1 amide bonds. The standard InChI is InChI=1S/C19H18ClN3OS/c1-3-11-23-17-10-5-4-8-16(17)22-19(23)25-12-18(24)21-15-9-6-7-14(20)13(15)2/h3-10H,1,11-12H2,2H3,(H,21,24). The van der Waals surface area contributed by atoms with Gasteiger partial charge in [0.25, 0.3) is 0 Å². The van der Waals surface area contributed by atoms with Gasteiger partial charge in [-0.15, -0.1) is 6.58 Å². The minimum atomic E-state index is -0.0902. The van der Waals surface area contributed by atoms with E-state index in [-0.39, 0.29) is 11.7 Å². The third-order valence-corrected chi connectivity index (χ3v) is 5.19. The molecule has 0 bridgehead atoms. The average Bonchev–Trinajstić information content (AvgIpc) is 2.95. The fourth-order valence-electron chi connectivity index (χ4n) is 2.53. The summed E-state index contributed by atoms with van der Waals surface area (Å²) in [7, 11) is 0. The Morgan fingerprint density at radius 1 is 1.32 bits per heavy atom. The third kappa shape index (κ3) is 3.89. The number of benzene rings is 2. The second-order valence-corrected chi connectivity index (χ2v) is 6.88. The minimum Gasteiger partial charge on any atom is -0.325 e. The normalized spacial score (nSPS) is 10.8. The van der Waals surface area contributed by atoms with Crippen molar-refractivity contribution in [1.82, 2.24) is 9.55 Å². The van der Waals surface area contributed by atoms with Gasteiger partial charge in [-0.05, 0) is 36.8 Å². The second-order valence-electron chi connectivity index (χ2n) is 5.53. The predicted octanol–water partition coefficient (Wildman–Crippen LogP) is 4.91. The van der Waals surface area contributed by atoms with Crippen LogP contribution in [0.3, 0.4) is 0 Å². The Bertz CT molecular complexity index is 936. The Balaban J connectivity index is 1.74. The molecule has 0 saturated carbocycles. The maximum atomic E-state index is 12.3. The zero-order valence-electron chi connectivity index (χ0n) is 13.8. The summed E-state index contributed by atoms with van der Waals surface area (Å²) < 4.78 is 2.06. The molecule has 128 valence electrons. The van der Waals surface area contributed by atoms with E-state index in [1.54, 1.807) is 6.07 Å². The Kier molecular flexibility index (Phi) is 5.46. The van der Waals surface area contributed by atoms with Crippen LogP contribution in [0.2, 0.25) is 5.02 Å². The van der Waals surface area contributed by atoms with E-state index < -0.39 is 0 Å². The number of hydrogen-bond acceptors (Lipinski definition) is 3. The number of hydrogen-bond donors (Lipinski definition) is 1. The van der Waals surface area contributed by atoms with Crippen molar-refractivity contribution in [2.24, 2.45) is 0 Å². The molecule has 0 atom stereocenters. The van der Waals surface area contributed by atoms with Gasteiger partial charge in [-0.2, -0.15) is 0 Å². The van der Waals surface area contributed by atoms with Crippen molar-refractivity contribution in [3.63, 3.8) is 0 Å². The average molecular weight is 372 g/mol. The van der Waals surface area contributed by atoms with Gasteiger partial charge in [0, 0.05) is 17.3 Å². The van der Waals surface area contributed by atoms with Crippen LogP contribution < -0.4 is 5.32 Å². The summed E-state index contributed by atoms with van der Waals surface area (Å²) in [6.45, 7) is 6.34. The molecule has 1 heterocycles. The van der Waals surface area contributed by atoms with E-state index in [1.807, 2.05) is 49.4 Å². The van der Waals surface area contributed by atoms with Gasteiger partial charge in [0.1, 0.15) is 0 Å². The van der Waals surface area contributed by atoms with E-state index >= 15 is 0 Å². The molecular weight excluding hydrogens is 354 g/mol. The van der Waals surface area contributed by atoms with Crippen molar-refractivity contribution in [1.29, 1.82) is 0 Å². The minimum absolute atomic E-state index is 0.0902. The molecule has 0 spiro atoms. The van der Waals surface area contributed by atoms with Gasteiger partial charge in [0.15, 0.2) is 5.16 Å². The van der Waals surface area contributed by atoms with E-state index in [1.165, 1.54) is 11.8 Å². The van der Waals surface area contributed by atoms with Gasteiger partial charge in [0.2, 0.25) is 5.91 Å². The number of rotatable bonds is 6. The predicted molar refractivity (Wildman–Crippen MR) is 105 cm³/mol. The van der Waals surface area contributed by atoms with E-state index in [9.17, 15) is 4.79 Å². The summed E-state index contributed by atoms with van der Waals surface area (Å²) >= 11 is 7.50. The van der Waals surface area contributed by atoms with E-state index in [2.05, 4.69) is 21.4 Å². The molecule has 0 saturated heterocycles. The van der Waals surface area contributed by atoms with E-state index in [0.717, 1.165) is 27.4 Å². The number of nitrogens with zero attached hydrogens (tertiary/aromatic N) is 2. The molecule has 3 rings (SSSR count). The van der Waals surface area contributed by atoms with Gasteiger partial charge in [-0.25, -0.2) is 4.98 Å². The summed E-state index contributed by atoms with van der Waals surface area (Å²) in [5.41, 5.74) is 3.55. The number of nitrogens with one attached hydrogen (secondary N) is 1. The smallest absolute Gasteiger partial charge is 0.234 e. The summed E-state index contributed by atoms with van der Waals surface area (Å²) in [5, 5.41) is 4.35. The molecule has 0 unspecified atom stereocenters. The van der Waals surface area contributed by atoms with Crippen LogP contribution in [0.25, 0.3) is 11.0 Å². The van der Waals surface area contributed by atoms with Crippen molar-refractivity contribution in [2.45, 2.75) is 18.6 Å². The number of para-hydroxylation sites is 2. The molecule has 0 aliphatic carbocycles. The summed E-state index contributed by atoms with van der Waals surface area (Å²) in [4.78, 5) is 16.9. The quantitative estimate of drug-likeness (QED) is 0.494. The van der Waals surface area contributed by atoms with E-state index in [0.29, 0.717) is 11.6 Å². The fourth-order valence-corrected chi connectivity index (χ4v) is 3.53. The van der Waals surface area contributed by atoms with Crippen LogP contribution in [0.5, 0.6) is 0 Å². The first-order chi connectivity index (χ1) is 12.1. The molecule has 0 radical (unpaired) electrons. The van der Waals surface area contributed by atoms with Crippen LogP contribution in [0.15, 0.2) is 60.3 Å². The lowest BCUT2D eigenvalue weighted by Gasteiger charge is -2.10. The van der Waals surface area contributed by atoms with Crippen LogP contribution >= 0.6 is 23.4 Å². The van der Waals surface area contributed by atoms with Crippen LogP contribution in [-0.4, -0.2) is 21.2 Å². The Morgan fingerprint density at radius 2 is 2.12 bits per heavy atom. The van der Waals surface area contributed by atoms with Crippen molar-refractivity contribution in [3.05, 3.63) is 65.7 Å². The topological polar surface area (TPSA) is 46.9 Å². The summed E-state index contributed by atoms with van der Waals surface area (Å²) in [6, 6.07) is 13.4. The van der Waals surface area contributed by atoms with Gasteiger partial charge >= 0.3 is 0 Å². The molecule has 1 aromatic heterocycles. The molecule has 2 aromatic carbocycles. The number of carbonyl (C=O) groups is 1. The molecule has 3 aromatic rings. The number of amides is 1. The highest BCUT2D eigenvalue weighted by atomic mass is 35.5. The number of fused-ring (bicyclic) bond motifs is 1. The molecule has 25 heavy (non-hydrogen) atoms. The molecule has 0 aliphatic rings.